The van der Waals surface area contributed by atoms with Crippen molar-refractivity contribution in [2.75, 3.05) is 13.3 Å². The van der Waals surface area contributed by atoms with E-state index in [1.54, 1.807) is 12.1 Å². The molecule has 0 unspecified atom stereocenters. The van der Waals surface area contributed by atoms with Crippen LogP contribution in [0.5, 0.6) is 5.75 Å². The lowest BCUT2D eigenvalue weighted by Gasteiger charge is -2.07. The van der Waals surface area contributed by atoms with Crippen LogP contribution in [0, 0.1) is 0 Å². The van der Waals surface area contributed by atoms with Crippen LogP contribution < -0.4 is 10.5 Å². The second-order valence-corrected chi connectivity index (χ2v) is 3.54. The Hall–Kier alpha value is -1.42. The second kappa shape index (κ2) is 6.95. The van der Waals surface area contributed by atoms with Gasteiger partial charge in [-0.3, -0.25) is 4.39 Å². The molecule has 0 aliphatic rings. The average molecular weight is 225 g/mol. The smallest absolute Gasteiger partial charge is 0.137 e. The maximum atomic E-state index is 11.8. The highest BCUT2D eigenvalue weighted by Crippen LogP contribution is 2.13. The number of carbonyl (C=O) groups excluding carboxylic acids is 1. The number of nitrogens with two attached hydrogens (primary N) is 1. The summed E-state index contributed by atoms with van der Waals surface area (Å²) in [6.07, 6.45) is 1.65. The zero-order chi connectivity index (χ0) is 11.8. The van der Waals surface area contributed by atoms with E-state index < -0.39 is 6.04 Å². The Bertz CT molecular complexity index is 313. The third kappa shape index (κ3) is 4.40. The molecule has 0 spiro atoms. The van der Waals surface area contributed by atoms with E-state index >= 15 is 0 Å². The summed E-state index contributed by atoms with van der Waals surface area (Å²) in [5.41, 5.74) is 6.48. The lowest BCUT2D eigenvalue weighted by molar-refractivity contribution is -0.108. The van der Waals surface area contributed by atoms with Crippen LogP contribution in [0.15, 0.2) is 24.3 Å². The van der Waals surface area contributed by atoms with Crippen molar-refractivity contribution in [1.29, 1.82) is 0 Å². The molecule has 0 fully saturated rings. The van der Waals surface area contributed by atoms with Crippen molar-refractivity contribution in [1.82, 2.24) is 0 Å². The van der Waals surface area contributed by atoms with Gasteiger partial charge in [0.15, 0.2) is 0 Å². The number of hydrogen-bond donors (Lipinski definition) is 1. The highest BCUT2D eigenvalue weighted by molar-refractivity contribution is 5.57. The van der Waals surface area contributed by atoms with Gasteiger partial charge in [-0.25, -0.2) is 0 Å². The van der Waals surface area contributed by atoms with Crippen LogP contribution in [0.2, 0.25) is 0 Å². The Kier molecular flexibility index (Phi) is 5.50. The van der Waals surface area contributed by atoms with Crippen LogP contribution in [0.1, 0.15) is 12.0 Å². The van der Waals surface area contributed by atoms with E-state index in [9.17, 15) is 9.18 Å². The van der Waals surface area contributed by atoms with Crippen molar-refractivity contribution in [2.24, 2.45) is 5.73 Å². The van der Waals surface area contributed by atoms with Crippen LogP contribution in [0.25, 0.3) is 0 Å². The van der Waals surface area contributed by atoms with Gasteiger partial charge >= 0.3 is 0 Å². The fraction of sp³-hybridized carbons (Fsp3) is 0.417. The predicted octanol–water partition coefficient (Wildman–Crippen LogP) is 1.49. The molecule has 0 heterocycles. The minimum absolute atomic E-state index is 0.369. The first-order valence-corrected chi connectivity index (χ1v) is 5.25. The molecule has 0 bridgehead atoms. The van der Waals surface area contributed by atoms with E-state index in [2.05, 4.69) is 0 Å². The van der Waals surface area contributed by atoms with Crippen molar-refractivity contribution in [3.63, 3.8) is 0 Å². The molecular weight excluding hydrogens is 209 g/mol. The number of carbonyl (C=O) groups is 1. The standard InChI is InChI=1S/C12H16FNO2/c13-6-1-7-16-12-4-2-10(3-5-12)8-11(14)9-15/h2-5,9,11H,1,6-8,14H2/t11-/m0/s1. The SMILES string of the molecule is N[C@H](C=O)Cc1ccc(OCCCF)cc1. The molecule has 0 aliphatic heterocycles. The summed E-state index contributed by atoms with van der Waals surface area (Å²) >= 11 is 0. The lowest BCUT2D eigenvalue weighted by atomic mass is 10.1. The van der Waals surface area contributed by atoms with Crippen LogP contribution in [0.4, 0.5) is 4.39 Å². The molecule has 4 heteroatoms. The molecule has 1 atom stereocenters. The third-order valence-corrected chi connectivity index (χ3v) is 2.12. The molecule has 88 valence electrons. The van der Waals surface area contributed by atoms with Crippen LogP contribution in [-0.4, -0.2) is 25.6 Å². The quantitative estimate of drug-likeness (QED) is 0.565. The minimum atomic E-state index is -0.460. The van der Waals surface area contributed by atoms with Crippen molar-refractivity contribution in [3.05, 3.63) is 29.8 Å². The normalized spacial score (nSPS) is 12.1. The summed E-state index contributed by atoms with van der Waals surface area (Å²) in [4.78, 5) is 10.4. The first-order valence-electron chi connectivity index (χ1n) is 5.25. The molecule has 1 aromatic carbocycles. The van der Waals surface area contributed by atoms with Crippen molar-refractivity contribution in [3.8, 4) is 5.75 Å². The third-order valence-electron chi connectivity index (χ3n) is 2.12. The van der Waals surface area contributed by atoms with E-state index in [1.807, 2.05) is 12.1 Å². The van der Waals surface area contributed by atoms with Crippen LogP contribution in [0.3, 0.4) is 0 Å². The molecule has 0 aliphatic carbocycles. The molecule has 1 aromatic rings. The zero-order valence-corrected chi connectivity index (χ0v) is 9.06. The van der Waals surface area contributed by atoms with Gasteiger partial charge in [0.05, 0.1) is 19.3 Å². The lowest BCUT2D eigenvalue weighted by Crippen LogP contribution is -2.23. The summed E-state index contributed by atoms with van der Waals surface area (Å²) in [7, 11) is 0. The van der Waals surface area contributed by atoms with Crippen molar-refractivity contribution < 1.29 is 13.9 Å². The van der Waals surface area contributed by atoms with Gasteiger partial charge in [0.2, 0.25) is 0 Å². The zero-order valence-electron chi connectivity index (χ0n) is 9.06. The number of benzene rings is 1. The molecule has 2 N–H and O–H groups in total. The van der Waals surface area contributed by atoms with Crippen molar-refractivity contribution >= 4 is 6.29 Å². The number of alkyl halides is 1. The van der Waals surface area contributed by atoms with Gasteiger partial charge in [0.1, 0.15) is 12.0 Å². The number of halogens is 1. The largest absolute Gasteiger partial charge is 0.494 e. The van der Waals surface area contributed by atoms with Gasteiger partial charge in [-0.05, 0) is 24.1 Å². The predicted molar refractivity (Wildman–Crippen MR) is 60.3 cm³/mol. The topological polar surface area (TPSA) is 52.3 Å². The Labute approximate surface area is 94.4 Å². The summed E-state index contributed by atoms with van der Waals surface area (Å²) < 4.78 is 17.1. The number of rotatable bonds is 7. The Morgan fingerprint density at radius 1 is 1.38 bits per heavy atom. The molecular formula is C12H16FNO2. The van der Waals surface area contributed by atoms with Gasteiger partial charge in [-0.15, -0.1) is 0 Å². The average Bonchev–Trinajstić information content (AvgIpc) is 2.31. The molecule has 1 rings (SSSR count). The fourth-order valence-corrected chi connectivity index (χ4v) is 1.29. The molecule has 16 heavy (non-hydrogen) atoms. The summed E-state index contributed by atoms with van der Waals surface area (Å²) in [5.74, 6) is 0.705. The minimum Gasteiger partial charge on any atom is -0.494 e. The monoisotopic (exact) mass is 225 g/mol. The maximum Gasteiger partial charge on any atom is 0.137 e. The molecule has 0 aromatic heterocycles. The van der Waals surface area contributed by atoms with E-state index in [1.165, 1.54) is 0 Å². The van der Waals surface area contributed by atoms with Gasteiger partial charge < -0.3 is 15.3 Å². The van der Waals surface area contributed by atoms with E-state index in [0.717, 1.165) is 11.8 Å². The first kappa shape index (κ1) is 12.6. The van der Waals surface area contributed by atoms with Crippen LogP contribution >= 0.6 is 0 Å². The highest BCUT2D eigenvalue weighted by Gasteiger charge is 2.02. The van der Waals surface area contributed by atoms with Gasteiger partial charge in [-0.2, -0.15) is 0 Å². The number of aldehydes is 1. The summed E-state index contributed by atoms with van der Waals surface area (Å²) in [5, 5.41) is 0. The van der Waals surface area contributed by atoms with E-state index in [0.29, 0.717) is 25.2 Å². The maximum absolute atomic E-state index is 11.8. The van der Waals surface area contributed by atoms with Crippen molar-refractivity contribution in [2.45, 2.75) is 18.9 Å². The Morgan fingerprint density at radius 2 is 2.06 bits per heavy atom. The van der Waals surface area contributed by atoms with Gasteiger partial charge in [-0.1, -0.05) is 12.1 Å². The van der Waals surface area contributed by atoms with Crippen LogP contribution in [-0.2, 0) is 11.2 Å². The fourth-order valence-electron chi connectivity index (χ4n) is 1.29. The summed E-state index contributed by atoms with van der Waals surface area (Å²) in [6, 6.07) is 6.84. The highest BCUT2D eigenvalue weighted by atomic mass is 19.1. The first-order chi connectivity index (χ1) is 7.76. The van der Waals surface area contributed by atoms with E-state index in [4.69, 9.17) is 10.5 Å². The second-order valence-electron chi connectivity index (χ2n) is 3.54. The van der Waals surface area contributed by atoms with Gasteiger partial charge in [0, 0.05) is 6.42 Å². The number of hydrogen-bond acceptors (Lipinski definition) is 3. The molecule has 0 radical (unpaired) electrons. The number of ether oxygens (including phenoxy) is 1. The molecule has 0 saturated carbocycles. The Morgan fingerprint density at radius 3 is 2.62 bits per heavy atom. The van der Waals surface area contributed by atoms with Gasteiger partial charge in [0.25, 0.3) is 0 Å². The molecule has 3 nitrogen and oxygen atoms in total. The molecule has 0 amide bonds. The van der Waals surface area contributed by atoms with E-state index in [-0.39, 0.29) is 6.67 Å². The Balaban J connectivity index is 2.44. The summed E-state index contributed by atoms with van der Waals surface area (Å²) in [6.45, 7) is 0.00989. The molecule has 0 saturated heterocycles.